The van der Waals surface area contributed by atoms with E-state index in [1.54, 1.807) is 0 Å². The van der Waals surface area contributed by atoms with Crippen molar-refractivity contribution in [1.82, 2.24) is 0 Å². The van der Waals surface area contributed by atoms with Gasteiger partial charge in [0.05, 0.1) is 6.61 Å². The largest absolute Gasteiger partial charge is 0.462 e. The highest BCUT2D eigenvalue weighted by molar-refractivity contribution is 5.70. The summed E-state index contributed by atoms with van der Waals surface area (Å²) in [5.41, 5.74) is 0. The Morgan fingerprint density at radius 2 is 0.726 bits per heavy atom. The van der Waals surface area contributed by atoms with Crippen LogP contribution in [0.15, 0.2) is 97.2 Å². The Labute approximate surface area is 383 Å². The van der Waals surface area contributed by atoms with Crippen molar-refractivity contribution in [3.63, 3.8) is 0 Å². The minimum Gasteiger partial charge on any atom is -0.462 e. The van der Waals surface area contributed by atoms with Crippen molar-refractivity contribution in [3.8, 4) is 0 Å². The lowest BCUT2D eigenvalue weighted by atomic mass is 10.1. The summed E-state index contributed by atoms with van der Waals surface area (Å²) >= 11 is 0. The monoisotopic (exact) mass is 861 g/mol. The van der Waals surface area contributed by atoms with Gasteiger partial charge in [0, 0.05) is 19.4 Å². The zero-order chi connectivity index (χ0) is 44.9. The summed E-state index contributed by atoms with van der Waals surface area (Å²) in [5, 5.41) is 0. The maximum absolute atomic E-state index is 12.8. The molecule has 0 saturated carbocycles. The Kier molecular flexibility index (Phi) is 49.5. The molecule has 0 bridgehead atoms. The molecule has 0 aromatic rings. The number of carbonyl (C=O) groups is 2. The van der Waals surface area contributed by atoms with Crippen LogP contribution in [0, 0.1) is 0 Å². The van der Waals surface area contributed by atoms with Crippen LogP contribution in [0.25, 0.3) is 0 Å². The highest BCUT2D eigenvalue weighted by Gasteiger charge is 2.17. The molecule has 0 amide bonds. The van der Waals surface area contributed by atoms with Gasteiger partial charge in [-0.1, -0.05) is 195 Å². The average Bonchev–Trinajstić information content (AvgIpc) is 3.27. The van der Waals surface area contributed by atoms with E-state index in [0.717, 1.165) is 109 Å². The molecule has 0 aromatic carbocycles. The van der Waals surface area contributed by atoms with Crippen molar-refractivity contribution in [2.24, 2.45) is 0 Å². The van der Waals surface area contributed by atoms with Crippen LogP contribution in [0.1, 0.15) is 226 Å². The zero-order valence-corrected chi connectivity index (χ0v) is 40.6. The Hall–Kier alpha value is -3.18. The Morgan fingerprint density at radius 3 is 1.18 bits per heavy atom. The molecule has 0 fully saturated rings. The van der Waals surface area contributed by atoms with E-state index in [1.807, 2.05) is 0 Å². The maximum atomic E-state index is 12.8. The van der Waals surface area contributed by atoms with Crippen LogP contribution < -0.4 is 0 Å². The van der Waals surface area contributed by atoms with Crippen LogP contribution in [0.3, 0.4) is 0 Å². The smallest absolute Gasteiger partial charge is 0.306 e. The Bertz CT molecular complexity index is 1200. The number of hydrogen-bond acceptors (Lipinski definition) is 5. The first-order valence-electron chi connectivity index (χ1n) is 25.8. The van der Waals surface area contributed by atoms with Crippen LogP contribution in [0.5, 0.6) is 0 Å². The van der Waals surface area contributed by atoms with Crippen LogP contribution in [0.2, 0.25) is 0 Å². The topological polar surface area (TPSA) is 61.8 Å². The molecular formula is C57H96O5. The van der Waals surface area contributed by atoms with Crippen molar-refractivity contribution < 1.29 is 23.8 Å². The second kappa shape index (κ2) is 52.2. The van der Waals surface area contributed by atoms with Gasteiger partial charge in [0.15, 0.2) is 6.10 Å². The summed E-state index contributed by atoms with van der Waals surface area (Å²) in [6.07, 6.45) is 69.9. The molecule has 0 aliphatic rings. The number of hydrogen-bond donors (Lipinski definition) is 0. The van der Waals surface area contributed by atoms with Gasteiger partial charge < -0.3 is 14.2 Å². The summed E-state index contributed by atoms with van der Waals surface area (Å²) in [7, 11) is 0. The number of ether oxygens (including phenoxy) is 3. The number of rotatable bonds is 46. The first kappa shape index (κ1) is 58.8. The second-order valence-electron chi connectivity index (χ2n) is 16.7. The first-order chi connectivity index (χ1) is 30.6. The van der Waals surface area contributed by atoms with E-state index < -0.39 is 6.10 Å². The molecule has 5 nitrogen and oxygen atoms in total. The summed E-state index contributed by atoms with van der Waals surface area (Å²) in [6, 6.07) is 0. The van der Waals surface area contributed by atoms with Crippen LogP contribution >= 0.6 is 0 Å². The number of unbranched alkanes of at least 4 members (excludes halogenated alkanes) is 19. The van der Waals surface area contributed by atoms with E-state index in [1.165, 1.54) is 83.5 Å². The molecule has 0 aliphatic carbocycles. The number of esters is 2. The second-order valence-corrected chi connectivity index (χ2v) is 16.7. The third kappa shape index (κ3) is 49.5. The highest BCUT2D eigenvalue weighted by atomic mass is 16.6. The Balaban J connectivity index is 4.34. The van der Waals surface area contributed by atoms with Crippen molar-refractivity contribution in [2.45, 2.75) is 232 Å². The molecule has 0 aromatic heterocycles. The van der Waals surface area contributed by atoms with E-state index in [4.69, 9.17) is 14.2 Å². The van der Waals surface area contributed by atoms with Crippen LogP contribution in [0.4, 0.5) is 0 Å². The number of carbonyl (C=O) groups excluding carboxylic acids is 2. The maximum Gasteiger partial charge on any atom is 0.306 e. The van der Waals surface area contributed by atoms with Crippen LogP contribution in [-0.4, -0.2) is 37.9 Å². The molecule has 0 heterocycles. The van der Waals surface area contributed by atoms with E-state index in [-0.39, 0.29) is 25.2 Å². The van der Waals surface area contributed by atoms with E-state index in [9.17, 15) is 9.59 Å². The number of allylic oxidation sites excluding steroid dienone is 16. The molecule has 1 atom stereocenters. The minimum absolute atomic E-state index is 0.0590. The van der Waals surface area contributed by atoms with Crippen molar-refractivity contribution >= 4 is 11.9 Å². The van der Waals surface area contributed by atoms with Gasteiger partial charge in [-0.3, -0.25) is 9.59 Å². The highest BCUT2D eigenvalue weighted by Crippen LogP contribution is 2.13. The molecule has 0 radical (unpaired) electrons. The van der Waals surface area contributed by atoms with Gasteiger partial charge >= 0.3 is 11.9 Å². The lowest BCUT2D eigenvalue weighted by Crippen LogP contribution is -2.30. The lowest BCUT2D eigenvalue weighted by molar-refractivity contribution is -0.163. The molecule has 0 aliphatic heterocycles. The Morgan fingerprint density at radius 1 is 0.371 bits per heavy atom. The van der Waals surface area contributed by atoms with Gasteiger partial charge in [-0.2, -0.15) is 0 Å². The third-order valence-electron chi connectivity index (χ3n) is 10.6. The van der Waals surface area contributed by atoms with Gasteiger partial charge in [-0.15, -0.1) is 0 Å². The molecular weight excluding hydrogens is 765 g/mol. The lowest BCUT2D eigenvalue weighted by Gasteiger charge is -2.18. The van der Waals surface area contributed by atoms with Gasteiger partial charge in [0.2, 0.25) is 0 Å². The summed E-state index contributed by atoms with van der Waals surface area (Å²) in [6.45, 7) is 7.51. The molecule has 0 rings (SSSR count). The third-order valence-corrected chi connectivity index (χ3v) is 10.6. The van der Waals surface area contributed by atoms with Gasteiger partial charge in [0.1, 0.15) is 6.61 Å². The van der Waals surface area contributed by atoms with E-state index in [0.29, 0.717) is 19.4 Å². The fraction of sp³-hybridized carbons (Fsp3) is 0.684. The predicted octanol–water partition coefficient (Wildman–Crippen LogP) is 17.5. The predicted molar refractivity (Wildman–Crippen MR) is 270 cm³/mol. The SMILES string of the molecule is CC/C=C\C/C=C\C/C=C\CCCCCCCCOCC(COC(=O)CCCCCCCCC/C=C\C/C=C\CCCCC)OC(=O)CCCCC/C=C\C/C=C\C/C=C\CC. The van der Waals surface area contributed by atoms with Gasteiger partial charge in [0.25, 0.3) is 0 Å². The fourth-order valence-corrected chi connectivity index (χ4v) is 6.80. The summed E-state index contributed by atoms with van der Waals surface area (Å²) in [5.74, 6) is -0.451. The standard InChI is InChI=1S/C57H96O5/c1-4-7-10-13-16-19-22-25-27-29-30-33-35-38-41-44-47-50-56(58)61-54-55(62-57(59)51-48-45-42-39-36-32-24-21-18-15-12-9-6-3)53-60-52-49-46-43-40-37-34-31-28-26-23-20-17-14-11-8-5-2/h8-9,11-12,16-21,25-28,32,36,55H,4-7,10,13-15,22-24,29-31,33-35,37-54H2,1-3H3/b11-8-,12-9-,19-16-,20-17-,21-18-,27-25-,28-26-,36-32-. The average molecular weight is 861 g/mol. The molecule has 62 heavy (non-hydrogen) atoms. The fourth-order valence-electron chi connectivity index (χ4n) is 6.80. The molecule has 1 unspecified atom stereocenters. The first-order valence-corrected chi connectivity index (χ1v) is 25.8. The molecule has 0 saturated heterocycles. The van der Waals surface area contributed by atoms with Gasteiger partial charge in [-0.25, -0.2) is 0 Å². The van der Waals surface area contributed by atoms with E-state index in [2.05, 4.69) is 118 Å². The van der Waals surface area contributed by atoms with Crippen molar-refractivity contribution in [1.29, 1.82) is 0 Å². The zero-order valence-electron chi connectivity index (χ0n) is 40.6. The summed E-state index contributed by atoms with van der Waals surface area (Å²) in [4.78, 5) is 25.4. The van der Waals surface area contributed by atoms with Crippen molar-refractivity contribution in [3.05, 3.63) is 97.2 Å². The molecule has 354 valence electrons. The normalized spacial score (nSPS) is 13.0. The van der Waals surface area contributed by atoms with Crippen LogP contribution in [-0.2, 0) is 23.8 Å². The molecule has 0 spiro atoms. The van der Waals surface area contributed by atoms with Gasteiger partial charge in [-0.05, 0) is 116 Å². The molecule has 5 heteroatoms. The quantitative estimate of drug-likeness (QED) is 0.0347. The minimum atomic E-state index is -0.566. The summed E-state index contributed by atoms with van der Waals surface area (Å²) < 4.78 is 17.4. The van der Waals surface area contributed by atoms with Crippen molar-refractivity contribution in [2.75, 3.05) is 19.8 Å². The van der Waals surface area contributed by atoms with E-state index >= 15 is 0 Å². The molecule has 0 N–H and O–H groups in total.